The van der Waals surface area contributed by atoms with Crippen LogP contribution in [-0.2, 0) is 4.79 Å². The fourth-order valence-electron chi connectivity index (χ4n) is 2.61. The summed E-state index contributed by atoms with van der Waals surface area (Å²) in [5, 5.41) is 4.92. The Labute approximate surface area is 167 Å². The Morgan fingerprint density at radius 3 is 2.28 bits per heavy atom. The molecule has 2 aromatic rings. The maximum atomic E-state index is 13.6. The number of halogens is 3. The van der Waals surface area contributed by atoms with Gasteiger partial charge in [0.25, 0.3) is 11.8 Å². The minimum absolute atomic E-state index is 0.0295. The summed E-state index contributed by atoms with van der Waals surface area (Å²) in [7, 11) is 0. The summed E-state index contributed by atoms with van der Waals surface area (Å²) in [6, 6.07) is 8.95. The number of carbonyl (C=O) groups excluding carboxylic acids is 2. The Morgan fingerprint density at radius 1 is 0.931 bits per heavy atom. The van der Waals surface area contributed by atoms with Gasteiger partial charge >= 0.3 is 0 Å². The molecule has 2 amide bonds. The quantitative estimate of drug-likeness (QED) is 0.519. The molecular weight excluding hydrogens is 385 g/mol. The van der Waals surface area contributed by atoms with Crippen molar-refractivity contribution >= 4 is 11.8 Å². The van der Waals surface area contributed by atoms with Crippen molar-refractivity contribution in [2.24, 2.45) is 0 Å². The van der Waals surface area contributed by atoms with Crippen LogP contribution in [0.4, 0.5) is 13.2 Å². The molecule has 0 aromatic heterocycles. The van der Waals surface area contributed by atoms with Gasteiger partial charge in [0.1, 0.15) is 5.75 Å². The SMILES string of the molecule is CC(Oc1ccccc1C(C)C)C(=O)NCCNC(=O)c1ccc(F)c(F)c1F. The van der Waals surface area contributed by atoms with Crippen molar-refractivity contribution in [3.63, 3.8) is 0 Å². The van der Waals surface area contributed by atoms with E-state index in [0.717, 1.165) is 11.6 Å². The largest absolute Gasteiger partial charge is 0.481 e. The Balaban J connectivity index is 1.83. The van der Waals surface area contributed by atoms with Gasteiger partial charge in [-0.15, -0.1) is 0 Å². The lowest BCUT2D eigenvalue weighted by Gasteiger charge is -2.18. The van der Waals surface area contributed by atoms with Crippen molar-refractivity contribution < 1.29 is 27.5 Å². The predicted molar refractivity (Wildman–Crippen MR) is 102 cm³/mol. The summed E-state index contributed by atoms with van der Waals surface area (Å²) in [6.07, 6.45) is -0.769. The normalized spacial score (nSPS) is 11.8. The Kier molecular flexibility index (Phi) is 7.64. The molecule has 1 atom stereocenters. The summed E-state index contributed by atoms with van der Waals surface area (Å²) in [6.45, 7) is 5.66. The molecule has 0 spiro atoms. The lowest BCUT2D eigenvalue weighted by Crippen LogP contribution is -2.41. The first-order valence-corrected chi connectivity index (χ1v) is 9.17. The van der Waals surface area contributed by atoms with Gasteiger partial charge in [-0.3, -0.25) is 9.59 Å². The summed E-state index contributed by atoms with van der Waals surface area (Å²) < 4.78 is 45.4. The van der Waals surface area contributed by atoms with E-state index in [0.29, 0.717) is 11.8 Å². The van der Waals surface area contributed by atoms with Gasteiger partial charge in [-0.25, -0.2) is 13.2 Å². The molecule has 1 unspecified atom stereocenters. The third-order valence-corrected chi connectivity index (χ3v) is 4.20. The molecular formula is C21H23F3N2O3. The summed E-state index contributed by atoms with van der Waals surface area (Å²) in [5.41, 5.74) is 0.366. The zero-order valence-electron chi connectivity index (χ0n) is 16.4. The van der Waals surface area contributed by atoms with E-state index in [4.69, 9.17) is 4.74 Å². The van der Waals surface area contributed by atoms with Gasteiger partial charge in [-0.05, 0) is 36.6 Å². The van der Waals surface area contributed by atoms with E-state index in [2.05, 4.69) is 10.6 Å². The fraction of sp³-hybridized carbons (Fsp3) is 0.333. The number of hydrogen-bond acceptors (Lipinski definition) is 3. The molecule has 0 heterocycles. The van der Waals surface area contributed by atoms with E-state index in [1.54, 1.807) is 13.0 Å². The minimum atomic E-state index is -1.71. The zero-order chi connectivity index (χ0) is 21.6. The molecule has 0 aliphatic rings. The molecule has 0 aliphatic heterocycles. The number of rotatable bonds is 8. The molecule has 5 nitrogen and oxygen atoms in total. The van der Waals surface area contributed by atoms with E-state index < -0.39 is 40.9 Å². The van der Waals surface area contributed by atoms with Crippen LogP contribution in [0.15, 0.2) is 36.4 Å². The van der Waals surface area contributed by atoms with Gasteiger partial charge < -0.3 is 15.4 Å². The molecule has 0 saturated carbocycles. The lowest BCUT2D eigenvalue weighted by atomic mass is 10.0. The van der Waals surface area contributed by atoms with E-state index >= 15 is 0 Å². The topological polar surface area (TPSA) is 67.4 Å². The second-order valence-electron chi connectivity index (χ2n) is 6.72. The first-order valence-electron chi connectivity index (χ1n) is 9.17. The molecule has 2 rings (SSSR count). The Morgan fingerprint density at radius 2 is 1.59 bits per heavy atom. The van der Waals surface area contributed by atoms with Gasteiger partial charge in [0.2, 0.25) is 0 Å². The molecule has 0 aliphatic carbocycles. The third-order valence-electron chi connectivity index (χ3n) is 4.20. The smallest absolute Gasteiger partial charge is 0.260 e. The van der Waals surface area contributed by atoms with Gasteiger partial charge in [0.05, 0.1) is 5.56 Å². The van der Waals surface area contributed by atoms with E-state index in [9.17, 15) is 22.8 Å². The van der Waals surface area contributed by atoms with Crippen LogP contribution < -0.4 is 15.4 Å². The van der Waals surface area contributed by atoms with Crippen molar-refractivity contribution in [1.82, 2.24) is 10.6 Å². The number of carbonyl (C=O) groups is 2. The predicted octanol–water partition coefficient (Wildman–Crippen LogP) is 3.54. The van der Waals surface area contributed by atoms with Crippen LogP contribution >= 0.6 is 0 Å². The van der Waals surface area contributed by atoms with Gasteiger partial charge in [-0.1, -0.05) is 32.0 Å². The summed E-state index contributed by atoms with van der Waals surface area (Å²) in [4.78, 5) is 24.1. The molecule has 0 fully saturated rings. The second-order valence-corrected chi connectivity index (χ2v) is 6.72. The molecule has 2 aromatic carbocycles. The molecule has 156 valence electrons. The van der Waals surface area contributed by atoms with E-state index in [1.807, 2.05) is 32.0 Å². The van der Waals surface area contributed by atoms with Gasteiger partial charge in [-0.2, -0.15) is 0 Å². The van der Waals surface area contributed by atoms with Gasteiger partial charge in [0.15, 0.2) is 23.6 Å². The molecule has 8 heteroatoms. The van der Waals surface area contributed by atoms with Crippen LogP contribution in [0.2, 0.25) is 0 Å². The van der Waals surface area contributed by atoms with E-state index in [-0.39, 0.29) is 19.0 Å². The molecule has 0 bridgehead atoms. The number of amides is 2. The Hall–Kier alpha value is -3.03. The maximum absolute atomic E-state index is 13.6. The fourth-order valence-corrected chi connectivity index (χ4v) is 2.61. The highest BCUT2D eigenvalue weighted by Crippen LogP contribution is 2.26. The molecule has 2 N–H and O–H groups in total. The van der Waals surface area contributed by atoms with Crippen LogP contribution in [0.25, 0.3) is 0 Å². The average Bonchev–Trinajstić information content (AvgIpc) is 2.69. The van der Waals surface area contributed by atoms with Crippen molar-refractivity contribution in [3.8, 4) is 5.75 Å². The van der Waals surface area contributed by atoms with Crippen LogP contribution in [0.3, 0.4) is 0 Å². The summed E-state index contributed by atoms with van der Waals surface area (Å²) >= 11 is 0. The monoisotopic (exact) mass is 408 g/mol. The molecule has 0 radical (unpaired) electrons. The van der Waals surface area contributed by atoms with Crippen LogP contribution in [0.1, 0.15) is 42.6 Å². The van der Waals surface area contributed by atoms with Crippen LogP contribution in [-0.4, -0.2) is 31.0 Å². The standard InChI is InChI=1S/C21H23F3N2O3/c1-12(2)14-6-4-5-7-17(14)29-13(3)20(27)25-10-11-26-21(28)15-8-9-16(22)19(24)18(15)23/h4-9,12-13H,10-11H2,1-3H3,(H,25,27)(H,26,28). The second kappa shape index (κ2) is 9.95. The minimum Gasteiger partial charge on any atom is -0.481 e. The number of para-hydroxylation sites is 1. The highest BCUT2D eigenvalue weighted by molar-refractivity contribution is 5.94. The highest BCUT2D eigenvalue weighted by Gasteiger charge is 2.19. The maximum Gasteiger partial charge on any atom is 0.260 e. The number of benzene rings is 2. The third kappa shape index (κ3) is 5.73. The van der Waals surface area contributed by atoms with E-state index in [1.165, 1.54) is 0 Å². The van der Waals surface area contributed by atoms with Crippen molar-refractivity contribution in [1.29, 1.82) is 0 Å². The van der Waals surface area contributed by atoms with Crippen LogP contribution in [0.5, 0.6) is 5.75 Å². The summed E-state index contributed by atoms with van der Waals surface area (Å²) in [5.74, 6) is -5.10. The number of hydrogen-bond donors (Lipinski definition) is 2. The number of ether oxygens (including phenoxy) is 1. The molecule has 0 saturated heterocycles. The first-order chi connectivity index (χ1) is 13.7. The Bertz CT molecular complexity index is 887. The zero-order valence-corrected chi connectivity index (χ0v) is 16.4. The van der Waals surface area contributed by atoms with Crippen molar-refractivity contribution in [3.05, 3.63) is 65.0 Å². The molecule has 29 heavy (non-hydrogen) atoms. The van der Waals surface area contributed by atoms with Gasteiger partial charge in [0, 0.05) is 13.1 Å². The first kappa shape index (κ1) is 22.3. The van der Waals surface area contributed by atoms with Crippen LogP contribution in [0, 0.1) is 17.5 Å². The average molecular weight is 408 g/mol. The highest BCUT2D eigenvalue weighted by atomic mass is 19.2. The van der Waals surface area contributed by atoms with Crippen molar-refractivity contribution in [2.45, 2.75) is 32.8 Å². The lowest BCUT2D eigenvalue weighted by molar-refractivity contribution is -0.127. The number of nitrogens with one attached hydrogen (secondary N) is 2. The van der Waals surface area contributed by atoms with Crippen molar-refractivity contribution in [2.75, 3.05) is 13.1 Å².